The molecule has 1 heterocycles. The zero-order chi connectivity index (χ0) is 13.2. The molecule has 1 fully saturated rings. The van der Waals surface area contributed by atoms with Crippen molar-refractivity contribution in [3.63, 3.8) is 0 Å². The van der Waals surface area contributed by atoms with Crippen LogP contribution in [0, 0.1) is 0 Å². The number of hydrogen-bond acceptors (Lipinski definition) is 4. The maximum Gasteiger partial charge on any atom is 0.232 e. The first-order valence-electron chi connectivity index (χ1n) is 6.96. The van der Waals surface area contributed by atoms with Crippen LogP contribution in [0.4, 0.5) is 0 Å². The van der Waals surface area contributed by atoms with Crippen LogP contribution in [-0.2, 0) is 4.79 Å². The van der Waals surface area contributed by atoms with Gasteiger partial charge < -0.3 is 10.0 Å². The number of aliphatic hydroxyl groups is 1. The Balaban J connectivity index is 2.22. The third kappa shape index (κ3) is 6.07. The van der Waals surface area contributed by atoms with Crippen molar-refractivity contribution in [2.75, 3.05) is 50.8 Å². The molecule has 1 aliphatic heterocycles. The number of carbonyl (C=O) groups is 1. The van der Waals surface area contributed by atoms with E-state index in [1.165, 1.54) is 12.8 Å². The van der Waals surface area contributed by atoms with E-state index in [4.69, 9.17) is 5.11 Å². The van der Waals surface area contributed by atoms with Gasteiger partial charge in [0.1, 0.15) is 0 Å². The van der Waals surface area contributed by atoms with E-state index in [-0.39, 0.29) is 12.5 Å². The largest absolute Gasteiger partial charge is 0.395 e. The van der Waals surface area contributed by atoms with E-state index in [0.717, 1.165) is 44.9 Å². The van der Waals surface area contributed by atoms with Crippen molar-refractivity contribution in [2.24, 2.45) is 0 Å². The molecule has 1 amide bonds. The second kappa shape index (κ2) is 9.64. The van der Waals surface area contributed by atoms with Crippen LogP contribution >= 0.6 is 11.8 Å². The monoisotopic (exact) mass is 274 g/mol. The minimum atomic E-state index is 0.209. The summed E-state index contributed by atoms with van der Waals surface area (Å²) < 4.78 is 0. The summed E-state index contributed by atoms with van der Waals surface area (Å²) in [6, 6.07) is 0. The van der Waals surface area contributed by atoms with E-state index < -0.39 is 0 Å². The molecule has 1 saturated heterocycles. The quantitative estimate of drug-likeness (QED) is 0.705. The van der Waals surface area contributed by atoms with Crippen LogP contribution in [-0.4, -0.2) is 71.6 Å². The molecule has 0 aliphatic carbocycles. The molecule has 5 heteroatoms. The second-order valence-electron chi connectivity index (χ2n) is 4.71. The highest BCUT2D eigenvalue weighted by atomic mass is 32.2. The van der Waals surface area contributed by atoms with Crippen LogP contribution in [0.15, 0.2) is 0 Å². The topological polar surface area (TPSA) is 43.8 Å². The zero-order valence-corrected chi connectivity index (χ0v) is 12.3. The fourth-order valence-corrected chi connectivity index (χ4v) is 3.08. The van der Waals surface area contributed by atoms with Crippen molar-refractivity contribution in [1.29, 1.82) is 0 Å². The lowest BCUT2D eigenvalue weighted by Gasteiger charge is -2.21. The third-order valence-electron chi connectivity index (χ3n) is 3.23. The summed E-state index contributed by atoms with van der Waals surface area (Å²) >= 11 is 1.75. The lowest BCUT2D eigenvalue weighted by Crippen LogP contribution is -2.36. The smallest absolute Gasteiger partial charge is 0.232 e. The van der Waals surface area contributed by atoms with Crippen LogP contribution in [0.2, 0.25) is 0 Å². The highest BCUT2D eigenvalue weighted by Crippen LogP contribution is 2.09. The van der Waals surface area contributed by atoms with Crippen molar-refractivity contribution >= 4 is 17.7 Å². The molecule has 18 heavy (non-hydrogen) atoms. The van der Waals surface area contributed by atoms with Crippen molar-refractivity contribution in [3.8, 4) is 0 Å². The Bertz CT molecular complexity index is 239. The molecule has 1 aliphatic rings. The molecule has 0 aromatic rings. The second-order valence-corrected chi connectivity index (χ2v) is 5.81. The standard InChI is InChI=1S/C13H26N2O2S/c1-2-3-11-18-12-13(17)15-6-4-5-14(7-8-15)9-10-16/h16H,2-12H2,1H3. The first-order valence-corrected chi connectivity index (χ1v) is 8.12. The number of rotatable bonds is 7. The summed E-state index contributed by atoms with van der Waals surface area (Å²) in [5.41, 5.74) is 0. The Morgan fingerprint density at radius 3 is 2.83 bits per heavy atom. The van der Waals surface area contributed by atoms with E-state index in [2.05, 4.69) is 11.8 Å². The van der Waals surface area contributed by atoms with E-state index in [1.807, 2.05) is 4.90 Å². The minimum absolute atomic E-state index is 0.209. The van der Waals surface area contributed by atoms with Gasteiger partial charge in [-0.05, 0) is 25.1 Å². The molecule has 0 unspecified atom stereocenters. The van der Waals surface area contributed by atoms with E-state index >= 15 is 0 Å². The van der Waals surface area contributed by atoms with Gasteiger partial charge in [-0.1, -0.05) is 13.3 Å². The van der Waals surface area contributed by atoms with Gasteiger partial charge in [0.05, 0.1) is 12.4 Å². The predicted molar refractivity (Wildman–Crippen MR) is 77.0 cm³/mol. The van der Waals surface area contributed by atoms with Crippen molar-refractivity contribution in [2.45, 2.75) is 26.2 Å². The van der Waals surface area contributed by atoms with E-state index in [0.29, 0.717) is 5.75 Å². The summed E-state index contributed by atoms with van der Waals surface area (Å²) in [4.78, 5) is 16.2. The zero-order valence-electron chi connectivity index (χ0n) is 11.4. The Labute approximate surface area is 115 Å². The first kappa shape index (κ1) is 15.8. The van der Waals surface area contributed by atoms with Crippen LogP contribution in [0.5, 0.6) is 0 Å². The lowest BCUT2D eigenvalue weighted by molar-refractivity contribution is -0.128. The highest BCUT2D eigenvalue weighted by Gasteiger charge is 2.18. The highest BCUT2D eigenvalue weighted by molar-refractivity contribution is 7.99. The van der Waals surface area contributed by atoms with Gasteiger partial charge in [0.15, 0.2) is 0 Å². The Hall–Kier alpha value is -0.260. The molecule has 0 saturated carbocycles. The number of β-amino-alcohol motifs (C(OH)–C–C–N with tert-alkyl or cyclic N) is 1. The number of hydrogen-bond donors (Lipinski definition) is 1. The minimum Gasteiger partial charge on any atom is -0.395 e. The summed E-state index contributed by atoms with van der Waals surface area (Å²) in [6.07, 6.45) is 3.41. The molecular weight excluding hydrogens is 248 g/mol. The van der Waals surface area contributed by atoms with E-state index in [9.17, 15) is 4.79 Å². The molecule has 4 nitrogen and oxygen atoms in total. The van der Waals surface area contributed by atoms with Gasteiger partial charge in [-0.25, -0.2) is 0 Å². The molecular formula is C13H26N2O2S. The fourth-order valence-electron chi connectivity index (χ4n) is 2.08. The van der Waals surface area contributed by atoms with Crippen LogP contribution in [0.1, 0.15) is 26.2 Å². The number of amides is 1. The Morgan fingerprint density at radius 1 is 1.28 bits per heavy atom. The summed E-state index contributed by atoms with van der Waals surface area (Å²) in [7, 11) is 0. The average Bonchev–Trinajstić information content (AvgIpc) is 2.61. The van der Waals surface area contributed by atoms with Gasteiger partial charge in [-0.2, -0.15) is 11.8 Å². The summed E-state index contributed by atoms with van der Waals surface area (Å²) in [6.45, 7) is 6.68. The lowest BCUT2D eigenvalue weighted by atomic mass is 10.4. The molecule has 0 radical (unpaired) electrons. The normalized spacial score (nSPS) is 17.8. The number of aliphatic hydroxyl groups excluding tert-OH is 1. The molecule has 0 atom stereocenters. The predicted octanol–water partition coefficient (Wildman–Crippen LogP) is 1.05. The molecule has 1 rings (SSSR count). The van der Waals surface area contributed by atoms with Crippen molar-refractivity contribution < 1.29 is 9.90 Å². The molecule has 106 valence electrons. The molecule has 0 bridgehead atoms. The SMILES string of the molecule is CCCCSCC(=O)N1CCCN(CCO)CC1. The molecule has 0 spiro atoms. The van der Waals surface area contributed by atoms with Gasteiger partial charge in [-0.3, -0.25) is 9.69 Å². The van der Waals surface area contributed by atoms with E-state index in [1.54, 1.807) is 11.8 Å². The van der Waals surface area contributed by atoms with Crippen LogP contribution in [0.25, 0.3) is 0 Å². The van der Waals surface area contributed by atoms with Crippen molar-refractivity contribution in [1.82, 2.24) is 9.80 Å². The maximum atomic E-state index is 12.0. The summed E-state index contributed by atoms with van der Waals surface area (Å²) in [5, 5.41) is 8.93. The van der Waals surface area contributed by atoms with Gasteiger partial charge in [0, 0.05) is 26.2 Å². The van der Waals surface area contributed by atoms with Gasteiger partial charge in [0.25, 0.3) is 0 Å². The number of unbranched alkanes of at least 4 members (excludes halogenated alkanes) is 1. The third-order valence-corrected chi connectivity index (χ3v) is 4.25. The van der Waals surface area contributed by atoms with Gasteiger partial charge >= 0.3 is 0 Å². The molecule has 1 N–H and O–H groups in total. The molecule has 0 aromatic carbocycles. The number of nitrogens with zero attached hydrogens (tertiary/aromatic N) is 2. The van der Waals surface area contributed by atoms with Crippen LogP contribution in [0.3, 0.4) is 0 Å². The average molecular weight is 274 g/mol. The van der Waals surface area contributed by atoms with Crippen LogP contribution < -0.4 is 0 Å². The maximum absolute atomic E-state index is 12.0. The number of carbonyl (C=O) groups excluding carboxylic acids is 1. The van der Waals surface area contributed by atoms with Gasteiger partial charge in [-0.15, -0.1) is 0 Å². The Kier molecular flexibility index (Phi) is 8.46. The molecule has 0 aromatic heterocycles. The Morgan fingerprint density at radius 2 is 2.11 bits per heavy atom. The fraction of sp³-hybridized carbons (Fsp3) is 0.923. The number of thioether (sulfide) groups is 1. The van der Waals surface area contributed by atoms with Gasteiger partial charge in [0.2, 0.25) is 5.91 Å². The van der Waals surface area contributed by atoms with Crippen molar-refractivity contribution in [3.05, 3.63) is 0 Å². The first-order chi connectivity index (χ1) is 8.77. The summed E-state index contributed by atoms with van der Waals surface area (Å²) in [5.74, 6) is 1.99.